The van der Waals surface area contributed by atoms with Crippen molar-refractivity contribution in [2.24, 2.45) is 0 Å². The minimum Gasteiger partial charge on any atom is -0.497 e. The number of aromatic nitrogens is 2. The highest BCUT2D eigenvalue weighted by Gasteiger charge is 2.12. The second kappa shape index (κ2) is 8.52. The zero-order chi connectivity index (χ0) is 21.0. The van der Waals surface area contributed by atoms with Crippen LogP contribution in [0, 0.1) is 0 Å². The molecule has 0 aliphatic rings. The molecule has 4 heteroatoms. The van der Waals surface area contributed by atoms with Crippen molar-refractivity contribution in [2.75, 3.05) is 13.7 Å². The number of nitrogens with zero attached hydrogens (tertiary/aromatic N) is 2. The molecule has 4 aromatic carbocycles. The number of benzene rings is 4. The lowest BCUT2D eigenvalue weighted by Gasteiger charge is -2.12. The van der Waals surface area contributed by atoms with Crippen molar-refractivity contribution in [3.05, 3.63) is 91.0 Å². The van der Waals surface area contributed by atoms with E-state index in [1.54, 1.807) is 7.11 Å². The Kier molecular flexibility index (Phi) is 5.28. The highest BCUT2D eigenvalue weighted by Crippen LogP contribution is 2.28. The average Bonchev–Trinajstić information content (AvgIpc) is 3.20. The quantitative estimate of drug-likeness (QED) is 0.295. The molecule has 1 heterocycles. The average molecular weight is 409 g/mol. The Balaban J connectivity index is 1.37. The van der Waals surface area contributed by atoms with Crippen LogP contribution in [0.3, 0.4) is 0 Å². The molecule has 0 unspecified atom stereocenters. The van der Waals surface area contributed by atoms with Crippen molar-refractivity contribution in [1.29, 1.82) is 0 Å². The molecular weight excluding hydrogens is 384 g/mol. The van der Waals surface area contributed by atoms with Crippen LogP contribution in [0.5, 0.6) is 11.5 Å². The predicted octanol–water partition coefficient (Wildman–Crippen LogP) is 6.33. The molecule has 5 rings (SSSR count). The minimum absolute atomic E-state index is 0.641. The molecule has 0 amide bonds. The lowest BCUT2D eigenvalue weighted by Crippen LogP contribution is -2.06. The van der Waals surface area contributed by atoms with Gasteiger partial charge in [0.15, 0.2) is 0 Å². The normalized spacial score (nSPS) is 11.1. The summed E-state index contributed by atoms with van der Waals surface area (Å²) in [4.78, 5) is 4.90. The maximum absolute atomic E-state index is 6.16. The van der Waals surface area contributed by atoms with E-state index in [4.69, 9.17) is 14.5 Å². The first-order chi connectivity index (χ1) is 15.3. The van der Waals surface area contributed by atoms with E-state index in [1.807, 2.05) is 36.4 Å². The van der Waals surface area contributed by atoms with Gasteiger partial charge in [-0.3, -0.25) is 0 Å². The number of hydrogen-bond acceptors (Lipinski definition) is 3. The molecule has 0 saturated heterocycles. The van der Waals surface area contributed by atoms with E-state index in [2.05, 4.69) is 59.2 Å². The maximum Gasteiger partial charge on any atom is 0.141 e. The Morgan fingerprint density at radius 1 is 0.806 bits per heavy atom. The highest BCUT2D eigenvalue weighted by molar-refractivity contribution is 5.88. The molecule has 0 fully saturated rings. The summed E-state index contributed by atoms with van der Waals surface area (Å²) in [6.07, 6.45) is 0.882. The van der Waals surface area contributed by atoms with Crippen LogP contribution in [0.15, 0.2) is 91.0 Å². The fourth-order valence-corrected chi connectivity index (χ4v) is 3.99. The number of ether oxygens (including phenoxy) is 2. The van der Waals surface area contributed by atoms with Gasteiger partial charge in [-0.15, -0.1) is 0 Å². The Hall–Kier alpha value is -3.79. The molecule has 1 aromatic heterocycles. The van der Waals surface area contributed by atoms with E-state index in [0.717, 1.165) is 52.3 Å². The molecule has 0 N–H and O–H groups in total. The van der Waals surface area contributed by atoms with Crippen LogP contribution >= 0.6 is 0 Å². The van der Waals surface area contributed by atoms with Crippen LogP contribution in [-0.2, 0) is 6.54 Å². The molecule has 0 radical (unpaired) electrons. The fourth-order valence-electron chi connectivity index (χ4n) is 3.99. The predicted molar refractivity (Wildman–Crippen MR) is 126 cm³/mol. The summed E-state index contributed by atoms with van der Waals surface area (Å²) in [6, 6.07) is 30.9. The van der Waals surface area contributed by atoms with Crippen LogP contribution in [-0.4, -0.2) is 23.3 Å². The number of hydrogen-bond donors (Lipinski definition) is 0. The first-order valence-electron chi connectivity index (χ1n) is 10.5. The van der Waals surface area contributed by atoms with E-state index in [-0.39, 0.29) is 0 Å². The van der Waals surface area contributed by atoms with Crippen LogP contribution in [0.25, 0.3) is 33.2 Å². The van der Waals surface area contributed by atoms with Crippen LogP contribution < -0.4 is 9.47 Å². The Morgan fingerprint density at radius 2 is 1.58 bits per heavy atom. The standard InChI is InChI=1S/C27H24N2O2/c1-30-22-16-14-21(15-17-22)27-28-24-11-4-5-12-25(24)29(27)18-7-19-31-26-13-6-9-20-8-2-3-10-23(20)26/h2-6,8-17H,7,18-19H2,1H3. The Morgan fingerprint density at radius 3 is 2.45 bits per heavy atom. The van der Waals surface area contributed by atoms with E-state index >= 15 is 0 Å². The van der Waals surface area contributed by atoms with Crippen molar-refractivity contribution in [2.45, 2.75) is 13.0 Å². The van der Waals surface area contributed by atoms with Crippen LogP contribution in [0.1, 0.15) is 6.42 Å². The summed E-state index contributed by atoms with van der Waals surface area (Å²) >= 11 is 0. The molecule has 4 nitrogen and oxygen atoms in total. The van der Waals surface area contributed by atoms with Crippen molar-refractivity contribution in [3.8, 4) is 22.9 Å². The second-order valence-corrected chi connectivity index (χ2v) is 7.48. The lowest BCUT2D eigenvalue weighted by atomic mass is 10.1. The summed E-state index contributed by atoms with van der Waals surface area (Å²) in [6.45, 7) is 1.47. The summed E-state index contributed by atoms with van der Waals surface area (Å²) in [5.41, 5.74) is 3.22. The fraction of sp³-hybridized carbons (Fsp3) is 0.148. The molecular formula is C27H24N2O2. The van der Waals surface area contributed by atoms with Crippen molar-refractivity contribution in [1.82, 2.24) is 9.55 Å². The van der Waals surface area contributed by atoms with Crippen LogP contribution in [0.2, 0.25) is 0 Å². The van der Waals surface area contributed by atoms with Gasteiger partial charge in [-0.05, 0) is 54.3 Å². The van der Waals surface area contributed by atoms with Gasteiger partial charge >= 0.3 is 0 Å². The number of aryl methyl sites for hydroxylation is 1. The smallest absolute Gasteiger partial charge is 0.141 e. The number of methoxy groups -OCH3 is 1. The first kappa shape index (κ1) is 19.2. The third-order valence-corrected chi connectivity index (χ3v) is 5.54. The molecule has 0 bridgehead atoms. The van der Waals surface area contributed by atoms with Gasteiger partial charge in [-0.25, -0.2) is 4.98 Å². The Labute approximate surface area is 181 Å². The van der Waals surface area contributed by atoms with Gasteiger partial charge in [-0.1, -0.05) is 48.5 Å². The van der Waals surface area contributed by atoms with Crippen molar-refractivity contribution < 1.29 is 9.47 Å². The van der Waals surface area contributed by atoms with Crippen LogP contribution in [0.4, 0.5) is 0 Å². The first-order valence-corrected chi connectivity index (χ1v) is 10.5. The van der Waals surface area contributed by atoms with Gasteiger partial charge < -0.3 is 14.0 Å². The SMILES string of the molecule is COc1ccc(-c2nc3ccccc3n2CCCOc2cccc3ccccc23)cc1. The van der Waals surface area contributed by atoms with E-state index in [0.29, 0.717) is 6.61 Å². The molecule has 0 spiro atoms. The number of fused-ring (bicyclic) bond motifs is 2. The maximum atomic E-state index is 6.16. The second-order valence-electron chi connectivity index (χ2n) is 7.48. The van der Waals surface area contributed by atoms with E-state index < -0.39 is 0 Å². The molecule has 0 aliphatic heterocycles. The molecule has 0 aliphatic carbocycles. The lowest BCUT2D eigenvalue weighted by molar-refractivity contribution is 0.306. The van der Waals surface area contributed by atoms with Gasteiger partial charge in [0.2, 0.25) is 0 Å². The molecule has 5 aromatic rings. The summed E-state index contributed by atoms with van der Waals surface area (Å²) in [5, 5.41) is 2.35. The summed E-state index contributed by atoms with van der Waals surface area (Å²) < 4.78 is 13.7. The van der Waals surface area contributed by atoms with Gasteiger partial charge in [0, 0.05) is 17.5 Å². The largest absolute Gasteiger partial charge is 0.497 e. The number of rotatable bonds is 7. The molecule has 0 saturated carbocycles. The van der Waals surface area contributed by atoms with E-state index in [9.17, 15) is 0 Å². The highest BCUT2D eigenvalue weighted by atomic mass is 16.5. The topological polar surface area (TPSA) is 36.3 Å². The zero-order valence-electron chi connectivity index (χ0n) is 17.5. The summed E-state index contributed by atoms with van der Waals surface area (Å²) in [7, 11) is 1.68. The van der Waals surface area contributed by atoms with Gasteiger partial charge in [0.25, 0.3) is 0 Å². The number of imidazole rings is 1. The number of para-hydroxylation sites is 2. The minimum atomic E-state index is 0.641. The van der Waals surface area contributed by atoms with Gasteiger partial charge in [-0.2, -0.15) is 0 Å². The summed E-state index contributed by atoms with van der Waals surface area (Å²) in [5.74, 6) is 2.74. The third-order valence-electron chi connectivity index (χ3n) is 5.54. The Bertz CT molecular complexity index is 1320. The van der Waals surface area contributed by atoms with E-state index in [1.165, 1.54) is 5.39 Å². The van der Waals surface area contributed by atoms with Crippen molar-refractivity contribution >= 4 is 21.8 Å². The monoisotopic (exact) mass is 408 g/mol. The van der Waals surface area contributed by atoms with Gasteiger partial charge in [0.05, 0.1) is 24.8 Å². The molecule has 0 atom stereocenters. The zero-order valence-corrected chi connectivity index (χ0v) is 17.5. The molecule has 154 valence electrons. The third kappa shape index (κ3) is 3.84. The van der Waals surface area contributed by atoms with Crippen molar-refractivity contribution in [3.63, 3.8) is 0 Å². The van der Waals surface area contributed by atoms with Gasteiger partial charge in [0.1, 0.15) is 17.3 Å². The molecule has 31 heavy (non-hydrogen) atoms.